The smallest absolute Gasteiger partial charge is 1.00 e. The first-order valence-electron chi connectivity index (χ1n) is 8.66. The molecule has 0 unspecified atom stereocenters. The van der Waals surface area contributed by atoms with E-state index < -0.39 is 0 Å². The van der Waals surface area contributed by atoms with Crippen LogP contribution in [0.3, 0.4) is 0 Å². The van der Waals surface area contributed by atoms with E-state index in [1.54, 1.807) is 12.1 Å². The van der Waals surface area contributed by atoms with Crippen LogP contribution in [0.25, 0.3) is 0 Å². The van der Waals surface area contributed by atoms with Crippen molar-refractivity contribution in [1.82, 2.24) is 0 Å². The third-order valence-corrected chi connectivity index (χ3v) is 6.28. The van der Waals surface area contributed by atoms with Crippen molar-refractivity contribution in [3.63, 3.8) is 0 Å². The van der Waals surface area contributed by atoms with Gasteiger partial charge in [0.1, 0.15) is 0 Å². The van der Waals surface area contributed by atoms with Crippen LogP contribution in [0, 0.1) is 0 Å². The first-order chi connectivity index (χ1) is 12.2. The molecule has 0 radical (unpaired) electrons. The van der Waals surface area contributed by atoms with Crippen LogP contribution in [-0.2, 0) is 15.1 Å². The summed E-state index contributed by atoms with van der Waals surface area (Å²) >= 11 is 1.11. The second-order valence-electron chi connectivity index (χ2n) is 6.50. The normalized spacial score (nSPS) is 25.4. The Bertz CT molecular complexity index is 784. The summed E-state index contributed by atoms with van der Waals surface area (Å²) in [5.41, 5.74) is 1.70. The fourth-order valence-corrected chi connectivity index (χ4v) is 5.13. The maximum atomic E-state index is 10.1. The Morgan fingerprint density at radius 2 is 1.19 bits per heavy atom. The molecule has 0 amide bonds. The molecular weight excluding hydrogens is 439 g/mol. The van der Waals surface area contributed by atoms with E-state index in [1.165, 1.54) is 12.8 Å². The van der Waals surface area contributed by atoms with E-state index >= 15 is 0 Å². The van der Waals surface area contributed by atoms with E-state index in [4.69, 9.17) is 0 Å². The van der Waals surface area contributed by atoms with Crippen molar-refractivity contribution in [2.24, 2.45) is 0 Å². The summed E-state index contributed by atoms with van der Waals surface area (Å²) in [5, 5.41) is 20.2. The number of para-hydroxylation sites is 2. The van der Waals surface area contributed by atoms with Gasteiger partial charge in [0.15, 0.2) is 0 Å². The van der Waals surface area contributed by atoms with Gasteiger partial charge in [0.2, 0.25) is 0 Å². The van der Waals surface area contributed by atoms with Gasteiger partial charge in [-0.15, -0.1) is 0 Å². The molecule has 1 saturated heterocycles. The molecule has 1 aliphatic carbocycles. The number of hydrogen-bond donors (Lipinski definition) is 2. The summed E-state index contributed by atoms with van der Waals surface area (Å²) in [6.07, 6.45) is 8.93. The van der Waals surface area contributed by atoms with E-state index in [1.807, 2.05) is 36.4 Å². The Morgan fingerprint density at radius 1 is 0.769 bits per heavy atom. The van der Waals surface area contributed by atoms with Gasteiger partial charge >= 0.3 is 154 Å². The van der Waals surface area contributed by atoms with Crippen LogP contribution in [0.15, 0.2) is 48.5 Å². The van der Waals surface area contributed by atoms with Gasteiger partial charge in [-0.2, -0.15) is 0 Å². The van der Waals surface area contributed by atoms with Gasteiger partial charge in [0.05, 0.1) is 0 Å². The van der Waals surface area contributed by atoms with Crippen LogP contribution in [0.4, 0.5) is 0 Å². The SMILES string of the molecule is Oc1ccccc1C=[N+]1[Co][N+](=Cc2ccccc2O)[C@@H]2CCCC[C@H]21.[Br-]. The molecule has 2 aromatic rings. The largest absolute Gasteiger partial charge is 1.00 e. The Kier molecular flexibility index (Phi) is 6.16. The first kappa shape index (κ1) is 19.1. The molecule has 2 aliphatic rings. The van der Waals surface area contributed by atoms with Crippen LogP contribution in [0.2, 0.25) is 0 Å². The monoisotopic (exact) mass is 460 g/mol. The maximum absolute atomic E-state index is 10.1. The standard InChI is InChI=1S/C20H22N2O2.BrH.Co/c23-19-11-5-1-7-15(19)13-21-17-9-3-4-10-18(17)22-14-16-8-2-6-12-20(16)24;;/h1-2,5-8,11-14,17-18,23-24H,3-4,9-10H2;1H;/q;;+2/p-1/t17-,18-;;/m1../s1. The Hall–Kier alpha value is -1.63. The van der Waals surface area contributed by atoms with Crippen LogP contribution in [-0.4, -0.2) is 42.0 Å². The van der Waals surface area contributed by atoms with Gasteiger partial charge in [-0.3, -0.25) is 0 Å². The number of halogens is 1. The zero-order valence-electron chi connectivity index (χ0n) is 14.3. The molecule has 0 spiro atoms. The quantitative estimate of drug-likeness (QED) is 0.657. The number of phenolic OH excluding ortho intramolecular Hbond substituents is 2. The summed E-state index contributed by atoms with van der Waals surface area (Å²) < 4.78 is 4.62. The van der Waals surface area contributed by atoms with Crippen LogP contribution in [0.5, 0.6) is 11.5 Å². The molecule has 1 heterocycles. The topological polar surface area (TPSA) is 46.5 Å². The van der Waals surface area contributed by atoms with Crippen molar-refractivity contribution in [3.05, 3.63) is 59.7 Å². The molecule has 2 fully saturated rings. The summed E-state index contributed by atoms with van der Waals surface area (Å²) in [6.45, 7) is 0. The molecular formula is C20H22BrCoN2O2+. The molecule has 1 saturated carbocycles. The van der Waals surface area contributed by atoms with Gasteiger partial charge < -0.3 is 17.0 Å². The minimum absolute atomic E-state index is 0. The molecule has 0 aromatic heterocycles. The Labute approximate surface area is 170 Å². The number of hydrogen-bond acceptors (Lipinski definition) is 2. The minimum Gasteiger partial charge on any atom is -1.00 e. The summed E-state index contributed by atoms with van der Waals surface area (Å²) in [4.78, 5) is 0. The average molecular weight is 461 g/mol. The molecule has 2 N–H and O–H groups in total. The maximum Gasteiger partial charge on any atom is -1.00 e. The van der Waals surface area contributed by atoms with Crippen LogP contribution >= 0.6 is 0 Å². The first-order valence-corrected chi connectivity index (χ1v) is 9.59. The van der Waals surface area contributed by atoms with Crippen molar-refractivity contribution in [3.8, 4) is 11.5 Å². The fourth-order valence-electron chi connectivity index (χ4n) is 3.50. The molecule has 1 aliphatic heterocycles. The third-order valence-electron chi connectivity index (χ3n) is 4.84. The zero-order chi connectivity index (χ0) is 17.2. The molecule has 4 rings (SSSR count). The summed E-state index contributed by atoms with van der Waals surface area (Å²) in [7, 11) is 0. The van der Waals surface area contributed by atoms with Gasteiger partial charge in [0.25, 0.3) is 0 Å². The zero-order valence-corrected chi connectivity index (χ0v) is 16.9. The summed E-state index contributed by atoms with van der Waals surface area (Å²) in [6, 6.07) is 15.8. The van der Waals surface area contributed by atoms with Crippen molar-refractivity contribution in [2.75, 3.05) is 0 Å². The third kappa shape index (κ3) is 3.87. The average Bonchev–Trinajstić information content (AvgIpc) is 2.97. The van der Waals surface area contributed by atoms with E-state index in [0.717, 1.165) is 39.1 Å². The molecule has 2 aromatic carbocycles. The van der Waals surface area contributed by atoms with Crippen molar-refractivity contribution in [1.29, 1.82) is 0 Å². The number of nitrogens with zero attached hydrogens (tertiary/aromatic N) is 2. The number of phenols is 2. The number of benzene rings is 2. The second-order valence-corrected chi connectivity index (χ2v) is 7.79. The molecule has 6 heteroatoms. The number of aromatic hydroxyl groups is 2. The van der Waals surface area contributed by atoms with Crippen molar-refractivity contribution >= 4 is 12.4 Å². The van der Waals surface area contributed by atoms with Crippen LogP contribution in [0.1, 0.15) is 36.8 Å². The minimum atomic E-state index is 0. The Morgan fingerprint density at radius 3 is 1.62 bits per heavy atom. The van der Waals surface area contributed by atoms with Gasteiger partial charge in [-0.05, 0) is 0 Å². The van der Waals surface area contributed by atoms with E-state index in [-0.39, 0.29) is 17.0 Å². The van der Waals surface area contributed by atoms with E-state index in [0.29, 0.717) is 23.6 Å². The second kappa shape index (κ2) is 8.37. The Balaban J connectivity index is 0.00000196. The molecule has 4 nitrogen and oxygen atoms in total. The van der Waals surface area contributed by atoms with Crippen molar-refractivity contribution in [2.45, 2.75) is 37.8 Å². The van der Waals surface area contributed by atoms with Gasteiger partial charge in [-0.1, -0.05) is 0 Å². The summed E-state index contributed by atoms with van der Waals surface area (Å²) in [5.74, 6) is 0.625. The predicted octanol–water partition coefficient (Wildman–Crippen LogP) is -0.0979. The number of rotatable bonds is 2. The molecule has 0 bridgehead atoms. The fraction of sp³-hybridized carbons (Fsp3) is 0.300. The van der Waals surface area contributed by atoms with Gasteiger partial charge in [-0.25, -0.2) is 0 Å². The number of fused-ring (bicyclic) bond motifs is 1. The van der Waals surface area contributed by atoms with E-state index in [2.05, 4.69) is 19.7 Å². The predicted molar refractivity (Wildman–Crippen MR) is 93.1 cm³/mol. The van der Waals surface area contributed by atoms with E-state index in [9.17, 15) is 10.2 Å². The van der Waals surface area contributed by atoms with Crippen molar-refractivity contribution < 1.29 is 49.6 Å². The molecule has 139 valence electrons. The molecule has 2 atom stereocenters. The van der Waals surface area contributed by atoms with Gasteiger partial charge in [0, 0.05) is 0 Å². The molecule has 26 heavy (non-hydrogen) atoms. The van der Waals surface area contributed by atoms with Crippen LogP contribution < -0.4 is 17.0 Å².